The fourth-order valence-electron chi connectivity index (χ4n) is 4.66. The molecule has 186 valence electrons. The predicted molar refractivity (Wildman–Crippen MR) is 139 cm³/mol. The lowest BCUT2D eigenvalue weighted by molar-refractivity contribution is 0.135. The number of rotatable bonds is 4. The molecule has 7 nitrogen and oxygen atoms in total. The fourth-order valence-corrected chi connectivity index (χ4v) is 5.46. The minimum atomic E-state index is -3.36. The first kappa shape index (κ1) is 24.2. The molecule has 5 rings (SSSR count). The number of fused-ring (bicyclic) bond motifs is 3. The standard InChI is InChI=1S/C27H25ClN2O5S/c1-16-14-24-22(15-23(16)28)21-12-13-30(27(31)35-19-8-6-18(34-2)7-9-19)26(25(21)29-24)17-4-10-20(11-5-17)36(3,32)33/h4-11,14-15,26,29H,12-13H2,1-3H3. The van der Waals surface area contributed by atoms with Gasteiger partial charge in [-0.25, -0.2) is 13.2 Å². The SMILES string of the molecule is COc1ccc(OC(=O)N2CCc3c([nH]c4cc(C)c(Cl)cc34)C2c2ccc(S(C)(=O)=O)cc2)cc1. The zero-order chi connectivity index (χ0) is 25.6. The summed E-state index contributed by atoms with van der Waals surface area (Å²) in [5.74, 6) is 1.06. The smallest absolute Gasteiger partial charge is 0.416 e. The van der Waals surface area contributed by atoms with Crippen LogP contribution in [0.1, 0.15) is 28.4 Å². The summed E-state index contributed by atoms with van der Waals surface area (Å²) in [5.41, 5.74) is 4.59. The van der Waals surface area contributed by atoms with Gasteiger partial charge in [0, 0.05) is 34.4 Å². The molecule has 1 atom stereocenters. The molecule has 2 heterocycles. The average molecular weight is 525 g/mol. The molecule has 1 amide bonds. The molecular formula is C27H25ClN2O5S. The number of sulfone groups is 1. The molecule has 1 aromatic heterocycles. The summed E-state index contributed by atoms with van der Waals surface area (Å²) in [5, 5.41) is 1.70. The van der Waals surface area contributed by atoms with E-state index < -0.39 is 22.0 Å². The first-order valence-corrected chi connectivity index (χ1v) is 13.7. The van der Waals surface area contributed by atoms with E-state index in [0.717, 1.165) is 33.3 Å². The van der Waals surface area contributed by atoms with Crippen LogP contribution in [0.3, 0.4) is 0 Å². The molecule has 1 N–H and O–H groups in total. The fraction of sp³-hybridized carbons (Fsp3) is 0.222. The van der Waals surface area contributed by atoms with Crippen LogP contribution in [0.25, 0.3) is 10.9 Å². The predicted octanol–water partition coefficient (Wildman–Crippen LogP) is 5.69. The van der Waals surface area contributed by atoms with E-state index in [1.54, 1.807) is 60.5 Å². The van der Waals surface area contributed by atoms with Crippen LogP contribution in [0.2, 0.25) is 5.02 Å². The Kier molecular flexibility index (Phi) is 6.18. The molecule has 0 saturated carbocycles. The Labute approximate surface area is 214 Å². The number of carbonyl (C=O) groups is 1. The zero-order valence-electron chi connectivity index (χ0n) is 20.0. The first-order valence-electron chi connectivity index (χ1n) is 11.4. The highest BCUT2D eigenvalue weighted by molar-refractivity contribution is 7.90. The van der Waals surface area contributed by atoms with Crippen molar-refractivity contribution in [1.82, 2.24) is 9.88 Å². The summed E-state index contributed by atoms with van der Waals surface area (Å²) in [4.78, 5) is 18.8. The van der Waals surface area contributed by atoms with E-state index in [9.17, 15) is 13.2 Å². The van der Waals surface area contributed by atoms with Gasteiger partial charge >= 0.3 is 6.09 Å². The van der Waals surface area contributed by atoms with Gasteiger partial charge in [-0.15, -0.1) is 0 Å². The van der Waals surface area contributed by atoms with E-state index >= 15 is 0 Å². The highest BCUT2D eigenvalue weighted by atomic mass is 35.5. The maximum atomic E-state index is 13.4. The van der Waals surface area contributed by atoms with Gasteiger partial charge in [0.2, 0.25) is 0 Å². The number of halogens is 1. The van der Waals surface area contributed by atoms with Crippen molar-refractivity contribution in [2.75, 3.05) is 19.9 Å². The van der Waals surface area contributed by atoms with Gasteiger partial charge < -0.3 is 14.5 Å². The number of benzene rings is 3. The number of methoxy groups -OCH3 is 1. The summed E-state index contributed by atoms with van der Waals surface area (Å²) in [7, 11) is -1.78. The van der Waals surface area contributed by atoms with Crippen molar-refractivity contribution in [3.05, 3.63) is 88.1 Å². The van der Waals surface area contributed by atoms with Crippen molar-refractivity contribution < 1.29 is 22.7 Å². The molecule has 9 heteroatoms. The number of hydrogen-bond donors (Lipinski definition) is 1. The Morgan fingerprint density at radius 3 is 2.36 bits per heavy atom. The van der Waals surface area contributed by atoms with Crippen LogP contribution in [-0.2, 0) is 16.3 Å². The molecule has 3 aromatic carbocycles. The molecule has 36 heavy (non-hydrogen) atoms. The summed E-state index contributed by atoms with van der Waals surface area (Å²) < 4.78 is 34.9. The second-order valence-electron chi connectivity index (χ2n) is 8.89. The number of aromatic amines is 1. The number of aryl methyl sites for hydroxylation is 1. The molecule has 0 radical (unpaired) electrons. The number of H-pyrrole nitrogens is 1. The molecule has 0 aliphatic carbocycles. The molecule has 0 bridgehead atoms. The molecule has 1 unspecified atom stereocenters. The number of ether oxygens (including phenoxy) is 2. The maximum absolute atomic E-state index is 13.4. The number of nitrogens with one attached hydrogen (secondary N) is 1. The Morgan fingerprint density at radius 1 is 1.06 bits per heavy atom. The normalized spacial score (nSPS) is 15.6. The van der Waals surface area contributed by atoms with Crippen molar-refractivity contribution >= 4 is 38.4 Å². The topological polar surface area (TPSA) is 88.7 Å². The number of aromatic nitrogens is 1. The van der Waals surface area contributed by atoms with Crippen LogP contribution in [0.5, 0.6) is 11.5 Å². The summed E-state index contributed by atoms with van der Waals surface area (Å²) in [6.07, 6.45) is 1.28. The third-order valence-electron chi connectivity index (χ3n) is 6.53. The van der Waals surface area contributed by atoms with Gasteiger partial charge in [-0.3, -0.25) is 4.90 Å². The molecule has 0 spiro atoms. The summed E-state index contributed by atoms with van der Waals surface area (Å²) in [6, 6.07) is 16.9. The quantitative estimate of drug-likeness (QED) is 0.370. The number of carbonyl (C=O) groups excluding carboxylic acids is 1. The molecule has 1 aliphatic rings. The van der Waals surface area contributed by atoms with Gasteiger partial charge in [0.05, 0.1) is 12.0 Å². The Morgan fingerprint density at radius 2 is 1.72 bits per heavy atom. The van der Waals surface area contributed by atoms with E-state index in [-0.39, 0.29) is 4.90 Å². The first-order chi connectivity index (χ1) is 17.2. The lowest BCUT2D eigenvalue weighted by Gasteiger charge is -2.35. The van der Waals surface area contributed by atoms with Crippen LogP contribution in [0, 0.1) is 6.92 Å². The Bertz CT molecular complexity index is 1560. The lowest BCUT2D eigenvalue weighted by Crippen LogP contribution is -2.42. The number of nitrogens with zero attached hydrogens (tertiary/aromatic N) is 1. The summed E-state index contributed by atoms with van der Waals surface area (Å²) >= 11 is 6.43. The Balaban J connectivity index is 1.58. The van der Waals surface area contributed by atoms with Gasteiger partial charge in [-0.1, -0.05) is 23.7 Å². The zero-order valence-corrected chi connectivity index (χ0v) is 21.6. The minimum Gasteiger partial charge on any atom is -0.497 e. The number of amides is 1. The van der Waals surface area contributed by atoms with Gasteiger partial charge in [0.1, 0.15) is 17.5 Å². The maximum Gasteiger partial charge on any atom is 0.416 e. The van der Waals surface area contributed by atoms with Gasteiger partial charge in [-0.05, 0) is 78.6 Å². The summed E-state index contributed by atoms with van der Waals surface area (Å²) in [6.45, 7) is 2.36. The Hall–Kier alpha value is -3.49. The highest BCUT2D eigenvalue weighted by Crippen LogP contribution is 2.40. The van der Waals surface area contributed by atoms with E-state index in [2.05, 4.69) is 4.98 Å². The van der Waals surface area contributed by atoms with Gasteiger partial charge in [0.15, 0.2) is 9.84 Å². The number of hydrogen-bond acceptors (Lipinski definition) is 5. The third kappa shape index (κ3) is 4.42. The van der Waals surface area contributed by atoms with E-state index in [1.807, 2.05) is 19.1 Å². The lowest BCUT2D eigenvalue weighted by atomic mass is 9.92. The molecule has 0 saturated heterocycles. The van der Waals surface area contributed by atoms with Crippen LogP contribution in [0.15, 0.2) is 65.6 Å². The van der Waals surface area contributed by atoms with E-state index in [4.69, 9.17) is 21.1 Å². The largest absolute Gasteiger partial charge is 0.497 e. The van der Waals surface area contributed by atoms with Crippen molar-refractivity contribution in [3.63, 3.8) is 0 Å². The second kappa shape index (κ2) is 9.19. The second-order valence-corrected chi connectivity index (χ2v) is 11.3. The molecule has 4 aromatic rings. The van der Waals surface area contributed by atoms with Crippen molar-refractivity contribution in [1.29, 1.82) is 0 Å². The molecular weight excluding hydrogens is 500 g/mol. The molecule has 0 fully saturated rings. The molecule has 1 aliphatic heterocycles. The average Bonchev–Trinajstić information content (AvgIpc) is 3.21. The third-order valence-corrected chi connectivity index (χ3v) is 8.06. The van der Waals surface area contributed by atoms with E-state index in [0.29, 0.717) is 29.5 Å². The van der Waals surface area contributed by atoms with Crippen molar-refractivity contribution in [2.24, 2.45) is 0 Å². The van der Waals surface area contributed by atoms with Gasteiger partial charge in [-0.2, -0.15) is 0 Å². The highest BCUT2D eigenvalue weighted by Gasteiger charge is 2.36. The van der Waals surface area contributed by atoms with E-state index in [1.165, 1.54) is 6.26 Å². The van der Waals surface area contributed by atoms with Crippen LogP contribution in [0.4, 0.5) is 4.79 Å². The minimum absolute atomic E-state index is 0.216. The van der Waals surface area contributed by atoms with Crippen LogP contribution in [-0.4, -0.2) is 44.3 Å². The van der Waals surface area contributed by atoms with Crippen molar-refractivity contribution in [2.45, 2.75) is 24.3 Å². The monoisotopic (exact) mass is 524 g/mol. The van der Waals surface area contributed by atoms with Crippen molar-refractivity contribution in [3.8, 4) is 11.5 Å². The van der Waals surface area contributed by atoms with Crippen LogP contribution < -0.4 is 9.47 Å². The van der Waals surface area contributed by atoms with Gasteiger partial charge in [0.25, 0.3) is 0 Å². The van der Waals surface area contributed by atoms with Crippen LogP contribution >= 0.6 is 11.6 Å².